The summed E-state index contributed by atoms with van der Waals surface area (Å²) in [6.45, 7) is 15.1. The van der Waals surface area contributed by atoms with Crippen molar-refractivity contribution in [2.45, 2.75) is 112 Å². The summed E-state index contributed by atoms with van der Waals surface area (Å²) in [6.07, 6.45) is 6.86. The topological polar surface area (TPSA) is 99.2 Å². The number of likely N-dealkylation sites (tertiary alicyclic amines) is 1. The van der Waals surface area contributed by atoms with E-state index in [1.54, 1.807) is 18.2 Å². The van der Waals surface area contributed by atoms with Crippen LogP contribution in [-0.4, -0.2) is 58.7 Å². The summed E-state index contributed by atoms with van der Waals surface area (Å²) >= 11 is 0. The molecule has 0 aliphatic carbocycles. The number of carbonyl (C=O) groups is 3. The summed E-state index contributed by atoms with van der Waals surface area (Å²) < 4.78 is 6.46. The summed E-state index contributed by atoms with van der Waals surface area (Å²) in [5, 5.41) is 13.0. The van der Waals surface area contributed by atoms with Crippen LogP contribution >= 0.6 is 0 Å². The fourth-order valence-electron chi connectivity index (χ4n) is 6.09. The number of benzene rings is 2. The van der Waals surface area contributed by atoms with Gasteiger partial charge < -0.3 is 20.1 Å². The van der Waals surface area contributed by atoms with Gasteiger partial charge in [0.15, 0.2) is 6.23 Å². The fourth-order valence-corrected chi connectivity index (χ4v) is 6.09. The molecule has 2 aromatic carbocycles. The lowest BCUT2D eigenvalue weighted by Gasteiger charge is -2.53. The maximum atomic E-state index is 13.7. The second kappa shape index (κ2) is 16.6. The highest BCUT2D eigenvalue weighted by Gasteiger charge is 2.63. The second-order valence-corrected chi connectivity index (χ2v) is 12.1. The highest BCUT2D eigenvalue weighted by molar-refractivity contribution is 6.03. The Hall–Kier alpha value is -3.39. The van der Waals surface area contributed by atoms with E-state index in [1.807, 2.05) is 45.0 Å². The van der Waals surface area contributed by atoms with Crippen LogP contribution in [0.25, 0.3) is 0 Å². The summed E-state index contributed by atoms with van der Waals surface area (Å²) in [6, 6.07) is 12.4. The molecular weight excluding hydrogens is 554 g/mol. The molecule has 3 amide bonds. The number of amides is 3. The Labute approximate surface area is 264 Å². The number of unbranched alkanes of at least 4 members (excludes halogenated alkanes) is 2. The maximum absolute atomic E-state index is 13.7. The van der Waals surface area contributed by atoms with Crippen LogP contribution in [0.5, 0.6) is 5.75 Å². The number of carboxylic acid groups (broad SMARTS) is 1. The molecule has 3 rings (SSSR count). The van der Waals surface area contributed by atoms with E-state index in [9.17, 15) is 19.5 Å². The van der Waals surface area contributed by atoms with Gasteiger partial charge in [-0.05, 0) is 87.9 Å². The number of imide groups is 1. The number of urea groups is 1. The first-order chi connectivity index (χ1) is 21.1. The third-order valence-electron chi connectivity index (χ3n) is 9.10. The van der Waals surface area contributed by atoms with Gasteiger partial charge in [-0.1, -0.05) is 83.7 Å². The predicted molar refractivity (Wildman–Crippen MR) is 175 cm³/mol. The minimum atomic E-state index is -0.977. The smallest absolute Gasteiger partial charge is 0.335 e. The average Bonchev–Trinajstić information content (AvgIpc) is 3.01. The van der Waals surface area contributed by atoms with Crippen molar-refractivity contribution >= 4 is 17.9 Å². The van der Waals surface area contributed by atoms with Crippen LogP contribution in [0.3, 0.4) is 0 Å². The van der Waals surface area contributed by atoms with Gasteiger partial charge in [0.1, 0.15) is 11.2 Å². The maximum Gasteiger partial charge on any atom is 0.335 e. The minimum absolute atomic E-state index is 0.232. The van der Waals surface area contributed by atoms with Crippen molar-refractivity contribution in [3.05, 3.63) is 64.7 Å². The van der Waals surface area contributed by atoms with Gasteiger partial charge >= 0.3 is 12.0 Å². The molecule has 44 heavy (non-hydrogen) atoms. The molecule has 1 aliphatic heterocycles. The third kappa shape index (κ3) is 8.20. The van der Waals surface area contributed by atoms with Crippen molar-refractivity contribution < 1.29 is 24.2 Å². The molecule has 1 heterocycles. The molecule has 0 radical (unpaired) electrons. The van der Waals surface area contributed by atoms with Gasteiger partial charge in [-0.25, -0.2) is 14.5 Å². The highest BCUT2D eigenvalue weighted by Crippen LogP contribution is 2.46. The summed E-state index contributed by atoms with van der Waals surface area (Å²) in [5.41, 5.74) is 2.25. The number of carboxylic acids is 1. The average molecular weight is 608 g/mol. The molecule has 0 spiro atoms. The zero-order valence-corrected chi connectivity index (χ0v) is 27.7. The van der Waals surface area contributed by atoms with Crippen molar-refractivity contribution in [3.63, 3.8) is 0 Å². The molecule has 1 fully saturated rings. The van der Waals surface area contributed by atoms with Gasteiger partial charge in [0.05, 0.1) is 11.6 Å². The Bertz CT molecular complexity index is 1230. The number of hydrogen-bond donors (Lipinski definition) is 2. The van der Waals surface area contributed by atoms with Gasteiger partial charge in [-0.2, -0.15) is 0 Å². The van der Waals surface area contributed by atoms with Crippen LogP contribution in [-0.2, 0) is 11.2 Å². The van der Waals surface area contributed by atoms with Gasteiger partial charge in [0.2, 0.25) is 5.91 Å². The first-order valence-corrected chi connectivity index (χ1v) is 16.6. The molecule has 2 aromatic rings. The molecule has 0 bridgehead atoms. The quantitative estimate of drug-likeness (QED) is 0.168. The molecular formula is C36H53N3O5. The number of nitrogens with zero attached hydrogens (tertiary/aromatic N) is 2. The molecule has 0 aromatic heterocycles. The van der Waals surface area contributed by atoms with Crippen LogP contribution < -0.4 is 10.1 Å². The fraction of sp³-hybridized carbons (Fsp3) is 0.583. The standard InChI is InChI=1S/C36H53N3O5/c1-7-12-22-38(23-13-8-2)24-21-28-25-29(19-20-30(28)32(40)41)44-34-36(10-4,11-5)33(42)39(34)35(43)37-31(14-9-3)27-17-15-26(6)16-18-27/h15-20,25,31,34H,7-14,21-24H2,1-6H3,(H,37,43)(H,40,41). The summed E-state index contributed by atoms with van der Waals surface area (Å²) in [5.74, 6) is -0.757. The van der Waals surface area contributed by atoms with E-state index in [-0.39, 0.29) is 17.5 Å². The molecule has 1 aliphatic rings. The molecule has 8 nitrogen and oxygen atoms in total. The molecule has 2 atom stereocenters. The van der Waals surface area contributed by atoms with Crippen molar-refractivity contribution in [1.82, 2.24) is 15.1 Å². The minimum Gasteiger partial charge on any atom is -0.478 e. The van der Waals surface area contributed by atoms with E-state index in [4.69, 9.17) is 4.74 Å². The Morgan fingerprint density at radius 2 is 1.59 bits per heavy atom. The van der Waals surface area contributed by atoms with Crippen LogP contribution in [0.2, 0.25) is 0 Å². The first kappa shape index (κ1) is 35.1. The van der Waals surface area contributed by atoms with Gasteiger partial charge in [0.25, 0.3) is 0 Å². The lowest BCUT2D eigenvalue weighted by atomic mass is 9.72. The SMILES string of the molecule is CCCCN(CCCC)CCc1cc(OC2N(C(=O)NC(CCC)c3ccc(C)cc3)C(=O)C2(CC)CC)ccc1C(=O)O. The third-order valence-corrected chi connectivity index (χ3v) is 9.10. The number of carbonyl (C=O) groups excluding carboxylic acids is 2. The van der Waals surface area contributed by atoms with Gasteiger partial charge in [-0.3, -0.25) is 4.79 Å². The van der Waals surface area contributed by atoms with E-state index < -0.39 is 23.6 Å². The van der Waals surface area contributed by atoms with E-state index in [1.165, 1.54) is 4.90 Å². The molecule has 242 valence electrons. The number of rotatable bonds is 18. The van der Waals surface area contributed by atoms with Crippen molar-refractivity contribution in [2.24, 2.45) is 5.41 Å². The number of ether oxygens (including phenoxy) is 1. The van der Waals surface area contributed by atoms with Crippen molar-refractivity contribution in [2.75, 3.05) is 19.6 Å². The number of hydrogen-bond acceptors (Lipinski definition) is 5. The van der Waals surface area contributed by atoms with Crippen molar-refractivity contribution in [3.8, 4) is 5.75 Å². The normalized spacial score (nSPS) is 16.5. The second-order valence-electron chi connectivity index (χ2n) is 12.1. The van der Waals surface area contributed by atoms with Crippen LogP contribution in [0.4, 0.5) is 4.79 Å². The predicted octanol–water partition coefficient (Wildman–Crippen LogP) is 7.74. The van der Waals surface area contributed by atoms with Crippen molar-refractivity contribution in [1.29, 1.82) is 0 Å². The summed E-state index contributed by atoms with van der Waals surface area (Å²) in [4.78, 5) is 43.0. The van der Waals surface area contributed by atoms with Gasteiger partial charge in [0, 0.05) is 6.54 Å². The Morgan fingerprint density at radius 1 is 0.955 bits per heavy atom. The molecule has 2 N–H and O–H groups in total. The Morgan fingerprint density at radius 3 is 2.14 bits per heavy atom. The van der Waals surface area contributed by atoms with Gasteiger partial charge in [-0.15, -0.1) is 0 Å². The molecule has 2 unspecified atom stereocenters. The van der Waals surface area contributed by atoms with E-state index in [2.05, 4.69) is 31.0 Å². The first-order valence-electron chi connectivity index (χ1n) is 16.6. The van der Waals surface area contributed by atoms with E-state index >= 15 is 0 Å². The number of aromatic carboxylic acids is 1. The number of aryl methyl sites for hydroxylation is 1. The van der Waals surface area contributed by atoms with Crippen LogP contribution in [0, 0.1) is 12.3 Å². The monoisotopic (exact) mass is 607 g/mol. The van der Waals surface area contributed by atoms with E-state index in [0.29, 0.717) is 30.6 Å². The summed E-state index contributed by atoms with van der Waals surface area (Å²) in [7, 11) is 0. The number of β-lactam (4-membered cyclic amide) rings is 1. The zero-order chi connectivity index (χ0) is 32.3. The number of nitrogens with one attached hydrogen (secondary N) is 1. The van der Waals surface area contributed by atoms with Crippen LogP contribution in [0.1, 0.15) is 119 Å². The lowest BCUT2D eigenvalue weighted by molar-refractivity contribution is -0.191. The molecule has 1 saturated heterocycles. The Balaban J connectivity index is 1.86. The van der Waals surface area contributed by atoms with Crippen LogP contribution in [0.15, 0.2) is 42.5 Å². The largest absolute Gasteiger partial charge is 0.478 e. The molecule has 0 saturated carbocycles. The Kier molecular flexibility index (Phi) is 13.3. The van der Waals surface area contributed by atoms with E-state index in [0.717, 1.165) is 69.3 Å². The zero-order valence-electron chi connectivity index (χ0n) is 27.7. The highest BCUT2D eigenvalue weighted by atomic mass is 16.5. The lowest BCUT2D eigenvalue weighted by Crippen LogP contribution is -2.73. The molecule has 8 heteroatoms.